The molecule has 1 aliphatic rings. The zero-order valence-electron chi connectivity index (χ0n) is 9.82. The highest BCUT2D eigenvalue weighted by molar-refractivity contribution is 6.31. The largest absolute Gasteiger partial charge is 0.481 e. The van der Waals surface area contributed by atoms with Crippen molar-refractivity contribution in [2.75, 3.05) is 14.1 Å². The Morgan fingerprint density at radius 1 is 1.31 bits per heavy atom. The van der Waals surface area contributed by atoms with Crippen LogP contribution >= 0.6 is 11.6 Å². The van der Waals surface area contributed by atoms with Crippen LogP contribution in [0, 0.1) is 17.3 Å². The Hall–Kier alpha value is -1.03. The minimum atomic E-state index is -0.862. The van der Waals surface area contributed by atoms with Crippen molar-refractivity contribution in [3.63, 3.8) is 0 Å². The highest BCUT2D eigenvalue weighted by Crippen LogP contribution is 2.62. The maximum atomic E-state index is 11.4. The first-order valence-corrected chi connectivity index (χ1v) is 5.38. The third-order valence-corrected chi connectivity index (χ3v) is 3.44. The number of amides is 1. The van der Waals surface area contributed by atoms with E-state index in [9.17, 15) is 9.59 Å². The van der Waals surface area contributed by atoms with E-state index in [1.54, 1.807) is 14.1 Å². The first-order valence-electron chi connectivity index (χ1n) is 5.00. The summed E-state index contributed by atoms with van der Waals surface area (Å²) >= 11 is 5.99. The molecule has 90 valence electrons. The van der Waals surface area contributed by atoms with Crippen LogP contribution in [0.25, 0.3) is 0 Å². The third-order valence-electron chi connectivity index (χ3n) is 3.09. The summed E-state index contributed by atoms with van der Waals surface area (Å²) in [5, 5.41) is 9.30. The number of allylic oxidation sites excluding steroid dienone is 1. The van der Waals surface area contributed by atoms with Crippen LogP contribution in [-0.2, 0) is 9.59 Å². The first kappa shape index (κ1) is 13.0. The molecule has 0 aromatic rings. The maximum Gasteiger partial charge on any atom is 0.307 e. The van der Waals surface area contributed by atoms with Gasteiger partial charge in [0.15, 0.2) is 0 Å². The third kappa shape index (κ3) is 2.21. The first-order chi connectivity index (χ1) is 7.19. The molecule has 0 radical (unpaired) electrons. The molecule has 0 aliphatic heterocycles. The number of carbonyl (C=O) groups is 2. The molecule has 2 unspecified atom stereocenters. The summed E-state index contributed by atoms with van der Waals surface area (Å²) in [7, 11) is 3.24. The van der Waals surface area contributed by atoms with Crippen molar-refractivity contribution in [2.24, 2.45) is 17.3 Å². The molecule has 0 bridgehead atoms. The molecule has 1 rings (SSSR count). The number of carboxylic acid groups (broad SMARTS) is 1. The topological polar surface area (TPSA) is 57.6 Å². The molecule has 0 saturated heterocycles. The summed E-state index contributed by atoms with van der Waals surface area (Å²) in [4.78, 5) is 23.7. The quantitative estimate of drug-likeness (QED) is 0.768. The van der Waals surface area contributed by atoms with E-state index in [0.717, 1.165) is 0 Å². The summed E-state index contributed by atoms with van der Waals surface area (Å²) < 4.78 is 0. The van der Waals surface area contributed by atoms with Gasteiger partial charge in [0.2, 0.25) is 5.91 Å². The van der Waals surface area contributed by atoms with E-state index < -0.39 is 11.9 Å². The van der Waals surface area contributed by atoms with Crippen molar-refractivity contribution < 1.29 is 14.7 Å². The van der Waals surface area contributed by atoms with Gasteiger partial charge in [-0.3, -0.25) is 9.59 Å². The molecule has 0 heterocycles. The Balaban J connectivity index is 2.82. The molecule has 1 fully saturated rings. The molecule has 1 saturated carbocycles. The number of halogens is 1. The Morgan fingerprint density at radius 2 is 1.81 bits per heavy atom. The molecule has 0 aromatic heterocycles. The van der Waals surface area contributed by atoms with Crippen molar-refractivity contribution in [1.82, 2.24) is 4.90 Å². The Labute approximate surface area is 99.9 Å². The lowest BCUT2D eigenvalue weighted by Crippen LogP contribution is -2.19. The second-order valence-corrected chi connectivity index (χ2v) is 5.31. The summed E-state index contributed by atoms with van der Waals surface area (Å²) in [5.41, 5.74) is -0.369. The summed E-state index contributed by atoms with van der Waals surface area (Å²) in [6, 6.07) is 0. The van der Waals surface area contributed by atoms with E-state index in [2.05, 4.69) is 0 Å². The van der Waals surface area contributed by atoms with Gasteiger partial charge in [-0.2, -0.15) is 0 Å². The van der Waals surface area contributed by atoms with Crippen LogP contribution < -0.4 is 0 Å². The van der Waals surface area contributed by atoms with E-state index in [4.69, 9.17) is 16.7 Å². The summed E-state index contributed by atoms with van der Waals surface area (Å²) in [6.07, 6.45) is 1.30. The lowest BCUT2D eigenvalue weighted by Gasteiger charge is -2.07. The minimum absolute atomic E-state index is 0.225. The second-order valence-electron chi connectivity index (χ2n) is 4.88. The fourth-order valence-corrected chi connectivity index (χ4v) is 2.45. The van der Waals surface area contributed by atoms with Gasteiger partial charge in [-0.25, -0.2) is 0 Å². The lowest BCUT2D eigenvalue weighted by atomic mass is 10.1. The fraction of sp³-hybridized carbons (Fsp3) is 0.636. The van der Waals surface area contributed by atoms with E-state index >= 15 is 0 Å². The molecular formula is C11H16ClNO3. The Bertz CT molecular complexity index is 360. The molecular weight excluding hydrogens is 230 g/mol. The molecule has 0 aromatic carbocycles. The van der Waals surface area contributed by atoms with E-state index in [1.807, 2.05) is 13.8 Å². The Kier molecular flexibility index (Phi) is 3.33. The zero-order chi connectivity index (χ0) is 12.7. The van der Waals surface area contributed by atoms with Gasteiger partial charge in [-0.15, -0.1) is 0 Å². The number of hydrogen-bond acceptors (Lipinski definition) is 2. The van der Waals surface area contributed by atoms with Gasteiger partial charge in [0.25, 0.3) is 0 Å². The van der Waals surface area contributed by atoms with Crippen molar-refractivity contribution in [3.8, 4) is 0 Å². The van der Waals surface area contributed by atoms with Gasteiger partial charge >= 0.3 is 5.97 Å². The molecule has 0 spiro atoms. The van der Waals surface area contributed by atoms with Crippen LogP contribution in [0.2, 0.25) is 0 Å². The zero-order valence-corrected chi connectivity index (χ0v) is 10.6. The average Bonchev–Trinajstić information content (AvgIpc) is 2.68. The maximum absolute atomic E-state index is 11.4. The number of aliphatic carboxylic acids is 1. The van der Waals surface area contributed by atoms with Crippen LogP contribution in [-0.4, -0.2) is 36.0 Å². The van der Waals surface area contributed by atoms with Crippen LogP contribution in [0.15, 0.2) is 11.1 Å². The predicted octanol–water partition coefficient (Wildman–Crippen LogP) is 1.55. The van der Waals surface area contributed by atoms with Crippen LogP contribution in [0.5, 0.6) is 0 Å². The second kappa shape index (κ2) is 4.09. The van der Waals surface area contributed by atoms with Gasteiger partial charge in [-0.05, 0) is 5.41 Å². The summed E-state index contributed by atoms with van der Waals surface area (Å²) in [6.45, 7) is 3.68. The monoisotopic (exact) mass is 245 g/mol. The molecule has 5 heteroatoms. The molecule has 2 atom stereocenters. The molecule has 4 nitrogen and oxygen atoms in total. The van der Waals surface area contributed by atoms with Crippen LogP contribution in [0.1, 0.15) is 13.8 Å². The number of likely N-dealkylation sites (N-methyl/N-ethyl adjacent to an activating group) is 1. The smallest absolute Gasteiger partial charge is 0.307 e. The number of rotatable bonds is 3. The number of carbonyl (C=O) groups excluding carboxylic acids is 1. The summed E-state index contributed by atoms with van der Waals surface area (Å²) in [5.74, 6) is -1.84. The van der Waals surface area contributed by atoms with Crippen LogP contribution in [0.3, 0.4) is 0 Å². The van der Waals surface area contributed by atoms with Crippen LogP contribution in [0.4, 0.5) is 0 Å². The highest BCUT2D eigenvalue weighted by atomic mass is 35.5. The molecule has 16 heavy (non-hydrogen) atoms. The average molecular weight is 246 g/mol. The highest BCUT2D eigenvalue weighted by Gasteiger charge is 2.63. The van der Waals surface area contributed by atoms with E-state index in [-0.39, 0.29) is 17.2 Å². The van der Waals surface area contributed by atoms with Crippen molar-refractivity contribution >= 4 is 23.5 Å². The lowest BCUT2D eigenvalue weighted by molar-refractivity contribution is -0.139. The standard InChI is InChI=1S/C11H16ClNO3/c1-11(2)8(9(11)10(15)16)6(12)5-7(14)13(3)4/h5,8-9H,1-4H3,(H,15,16). The van der Waals surface area contributed by atoms with Gasteiger partial charge < -0.3 is 10.0 Å². The minimum Gasteiger partial charge on any atom is -0.481 e. The van der Waals surface area contributed by atoms with Gasteiger partial charge in [0.1, 0.15) is 0 Å². The van der Waals surface area contributed by atoms with E-state index in [1.165, 1.54) is 11.0 Å². The van der Waals surface area contributed by atoms with Crippen molar-refractivity contribution in [2.45, 2.75) is 13.8 Å². The molecule has 1 aliphatic carbocycles. The van der Waals surface area contributed by atoms with Gasteiger partial charge in [-0.1, -0.05) is 25.4 Å². The molecule has 1 N–H and O–H groups in total. The fourth-order valence-electron chi connectivity index (χ4n) is 1.95. The predicted molar refractivity (Wildman–Crippen MR) is 61.0 cm³/mol. The Morgan fingerprint density at radius 3 is 2.12 bits per heavy atom. The molecule has 1 amide bonds. The van der Waals surface area contributed by atoms with Gasteiger partial charge in [0.05, 0.1) is 5.92 Å². The number of carboxylic acids is 1. The SMILES string of the molecule is CN(C)C(=O)C=C(Cl)C1C(C(=O)O)C1(C)C. The number of nitrogens with zero attached hydrogens (tertiary/aromatic N) is 1. The van der Waals surface area contributed by atoms with Crippen molar-refractivity contribution in [3.05, 3.63) is 11.1 Å². The van der Waals surface area contributed by atoms with E-state index in [0.29, 0.717) is 5.03 Å². The normalized spacial score (nSPS) is 27.4. The van der Waals surface area contributed by atoms with Crippen molar-refractivity contribution in [1.29, 1.82) is 0 Å². The van der Waals surface area contributed by atoms with Gasteiger partial charge in [0, 0.05) is 31.1 Å². The number of hydrogen-bond donors (Lipinski definition) is 1.